The van der Waals surface area contributed by atoms with Crippen molar-refractivity contribution in [1.29, 1.82) is 0 Å². The van der Waals surface area contributed by atoms with Crippen LogP contribution in [0.2, 0.25) is 0 Å². The first kappa shape index (κ1) is 21.2. The van der Waals surface area contributed by atoms with Gasteiger partial charge in [-0.25, -0.2) is 0 Å². The van der Waals surface area contributed by atoms with Crippen LogP contribution in [0.4, 0.5) is 13.2 Å². The van der Waals surface area contributed by atoms with Gasteiger partial charge in [-0.2, -0.15) is 13.2 Å². The van der Waals surface area contributed by atoms with Crippen LogP contribution in [-0.4, -0.2) is 16.8 Å². The third-order valence-corrected chi connectivity index (χ3v) is 5.11. The summed E-state index contributed by atoms with van der Waals surface area (Å²) in [6.45, 7) is 1.45. The quantitative estimate of drug-likeness (QED) is 0.523. The molecule has 0 aliphatic heterocycles. The molecule has 1 heterocycles. The molecule has 31 heavy (non-hydrogen) atoms. The Hall–Kier alpha value is -3.06. The highest BCUT2D eigenvalue weighted by Crippen LogP contribution is 2.29. The van der Waals surface area contributed by atoms with E-state index in [4.69, 9.17) is 4.42 Å². The summed E-state index contributed by atoms with van der Waals surface area (Å²) in [4.78, 5) is 14.2. The highest BCUT2D eigenvalue weighted by Gasteiger charge is 2.30. The highest BCUT2D eigenvalue weighted by atomic mass is 19.4. The Morgan fingerprint density at radius 3 is 2.16 bits per heavy atom. The average molecular weight is 428 g/mol. The third-order valence-electron chi connectivity index (χ3n) is 5.11. The molecule has 1 amide bonds. The molecule has 2 aromatic carbocycles. The van der Waals surface area contributed by atoms with Crippen molar-refractivity contribution in [2.45, 2.75) is 44.7 Å². The summed E-state index contributed by atoms with van der Waals surface area (Å²) >= 11 is 0. The fourth-order valence-corrected chi connectivity index (χ4v) is 3.36. The Bertz CT molecular complexity index is 1010. The van der Waals surface area contributed by atoms with E-state index in [9.17, 15) is 18.0 Å². The number of carbonyl (C=O) groups excluding carboxylic acids is 1. The molecule has 162 valence electrons. The molecule has 0 saturated heterocycles. The van der Waals surface area contributed by atoms with E-state index in [1.807, 2.05) is 30.3 Å². The zero-order valence-corrected chi connectivity index (χ0v) is 16.9. The highest BCUT2D eigenvalue weighted by molar-refractivity contribution is 5.91. The second-order valence-electron chi connectivity index (χ2n) is 7.84. The number of nitrogens with zero attached hydrogens (tertiary/aromatic N) is 1. The molecule has 0 atom stereocenters. The molecule has 1 N–H and O–H groups in total. The van der Waals surface area contributed by atoms with Gasteiger partial charge in [-0.15, -0.1) is 0 Å². The maximum Gasteiger partial charge on any atom is 0.416 e. The number of rotatable bonds is 8. The van der Waals surface area contributed by atoms with Gasteiger partial charge in [0.25, 0.3) is 5.91 Å². The van der Waals surface area contributed by atoms with Gasteiger partial charge in [0, 0.05) is 19.1 Å². The van der Waals surface area contributed by atoms with Crippen LogP contribution >= 0.6 is 0 Å². The smallest absolute Gasteiger partial charge is 0.416 e. The number of hydrogen-bond donors (Lipinski definition) is 1. The van der Waals surface area contributed by atoms with Crippen molar-refractivity contribution in [3.05, 3.63) is 94.9 Å². The van der Waals surface area contributed by atoms with Gasteiger partial charge in [-0.3, -0.25) is 9.69 Å². The number of furan rings is 1. The first-order valence-electron chi connectivity index (χ1n) is 10.2. The van der Waals surface area contributed by atoms with Gasteiger partial charge in [0.05, 0.1) is 12.1 Å². The predicted molar refractivity (Wildman–Crippen MR) is 110 cm³/mol. The van der Waals surface area contributed by atoms with Crippen molar-refractivity contribution in [2.75, 3.05) is 0 Å². The number of amides is 1. The van der Waals surface area contributed by atoms with E-state index < -0.39 is 11.7 Å². The lowest BCUT2D eigenvalue weighted by Gasteiger charge is -2.22. The molecule has 1 saturated carbocycles. The van der Waals surface area contributed by atoms with Crippen molar-refractivity contribution in [2.24, 2.45) is 0 Å². The second kappa shape index (κ2) is 8.98. The summed E-state index contributed by atoms with van der Waals surface area (Å²) in [5, 5.41) is 2.90. The Morgan fingerprint density at radius 2 is 1.55 bits per heavy atom. The molecule has 1 fully saturated rings. The molecule has 1 aromatic heterocycles. The molecule has 4 nitrogen and oxygen atoms in total. The monoisotopic (exact) mass is 428 g/mol. The Morgan fingerprint density at radius 1 is 0.903 bits per heavy atom. The number of carbonyl (C=O) groups is 1. The van der Waals surface area contributed by atoms with Gasteiger partial charge >= 0.3 is 6.18 Å². The van der Waals surface area contributed by atoms with Crippen molar-refractivity contribution in [3.63, 3.8) is 0 Å². The SMILES string of the molecule is O=C(NC1CC1)c1ccc(CN(Cc2ccccc2)Cc2ccc(C(F)(F)F)cc2)o1. The van der Waals surface area contributed by atoms with E-state index in [0.29, 0.717) is 25.4 Å². The fourth-order valence-electron chi connectivity index (χ4n) is 3.36. The topological polar surface area (TPSA) is 45.5 Å². The predicted octanol–water partition coefficient (Wildman–Crippen LogP) is 5.39. The Labute approximate surface area is 178 Å². The first-order valence-corrected chi connectivity index (χ1v) is 10.2. The van der Waals surface area contributed by atoms with Gasteiger partial charge in [0.2, 0.25) is 0 Å². The Kier molecular flexibility index (Phi) is 6.13. The number of nitrogens with one attached hydrogen (secondary N) is 1. The maximum atomic E-state index is 12.9. The van der Waals surface area contributed by atoms with Crippen molar-refractivity contribution in [3.8, 4) is 0 Å². The number of halogens is 3. The van der Waals surface area contributed by atoms with Crippen LogP contribution < -0.4 is 5.32 Å². The second-order valence-corrected chi connectivity index (χ2v) is 7.84. The lowest BCUT2D eigenvalue weighted by atomic mass is 10.1. The van der Waals surface area contributed by atoms with Crippen LogP contribution in [0.5, 0.6) is 0 Å². The molecule has 0 bridgehead atoms. The van der Waals surface area contributed by atoms with Crippen LogP contribution in [0, 0.1) is 0 Å². The summed E-state index contributed by atoms with van der Waals surface area (Å²) in [6, 6.07) is 18.7. The van der Waals surface area contributed by atoms with Gasteiger partial charge in [0.1, 0.15) is 5.76 Å². The molecule has 4 rings (SSSR count). The fraction of sp³-hybridized carbons (Fsp3) is 0.292. The van der Waals surface area contributed by atoms with Gasteiger partial charge in [0.15, 0.2) is 5.76 Å². The molecule has 0 spiro atoms. The lowest BCUT2D eigenvalue weighted by molar-refractivity contribution is -0.137. The average Bonchev–Trinajstić information content (AvgIpc) is 3.43. The summed E-state index contributed by atoms with van der Waals surface area (Å²) in [6.07, 6.45) is -2.36. The van der Waals surface area contributed by atoms with Crippen LogP contribution in [-0.2, 0) is 25.8 Å². The van der Waals surface area contributed by atoms with Gasteiger partial charge < -0.3 is 9.73 Å². The minimum atomic E-state index is -4.35. The third kappa shape index (κ3) is 5.98. The van der Waals surface area contributed by atoms with Crippen molar-refractivity contribution in [1.82, 2.24) is 10.2 Å². The number of alkyl halides is 3. The van der Waals surface area contributed by atoms with E-state index in [0.717, 1.165) is 36.1 Å². The zero-order valence-electron chi connectivity index (χ0n) is 16.9. The van der Waals surface area contributed by atoms with Crippen LogP contribution in [0.25, 0.3) is 0 Å². The summed E-state index contributed by atoms with van der Waals surface area (Å²) in [7, 11) is 0. The molecule has 1 aliphatic rings. The normalized spacial score (nSPS) is 14.1. The number of benzene rings is 2. The molecular formula is C24H23F3N2O2. The molecule has 3 aromatic rings. The minimum absolute atomic E-state index is 0.217. The summed E-state index contributed by atoms with van der Waals surface area (Å²) < 4.78 is 44.3. The largest absolute Gasteiger partial charge is 0.455 e. The summed E-state index contributed by atoms with van der Waals surface area (Å²) in [5.74, 6) is 0.686. The molecule has 1 aliphatic carbocycles. The van der Waals surface area contributed by atoms with Crippen molar-refractivity contribution < 1.29 is 22.4 Å². The van der Waals surface area contributed by atoms with Crippen LogP contribution in [0.3, 0.4) is 0 Å². The molecule has 7 heteroatoms. The van der Waals surface area contributed by atoms with Crippen LogP contribution in [0.1, 0.15) is 45.8 Å². The standard InChI is InChI=1S/C24H23F3N2O2/c25-24(26,27)19-8-6-18(7-9-19)15-29(14-17-4-2-1-3-5-17)16-21-12-13-22(31-21)23(30)28-20-10-11-20/h1-9,12-13,20H,10-11,14-16H2,(H,28,30). The number of hydrogen-bond acceptors (Lipinski definition) is 3. The Balaban J connectivity index is 1.47. The molecule has 0 unspecified atom stereocenters. The van der Waals surface area contributed by atoms with E-state index in [-0.39, 0.29) is 17.7 Å². The minimum Gasteiger partial charge on any atom is -0.455 e. The summed E-state index contributed by atoms with van der Waals surface area (Å²) in [5.41, 5.74) is 1.18. The molecular weight excluding hydrogens is 405 g/mol. The maximum absolute atomic E-state index is 12.9. The first-order chi connectivity index (χ1) is 14.9. The van der Waals surface area contributed by atoms with E-state index >= 15 is 0 Å². The zero-order chi connectivity index (χ0) is 21.8. The van der Waals surface area contributed by atoms with Gasteiger partial charge in [-0.1, -0.05) is 42.5 Å². The molecule has 0 radical (unpaired) electrons. The van der Waals surface area contributed by atoms with E-state index in [2.05, 4.69) is 10.2 Å². The van der Waals surface area contributed by atoms with Crippen molar-refractivity contribution >= 4 is 5.91 Å². The van der Waals surface area contributed by atoms with E-state index in [1.54, 1.807) is 12.1 Å². The van der Waals surface area contributed by atoms with Gasteiger partial charge in [-0.05, 0) is 48.2 Å². The lowest BCUT2D eigenvalue weighted by Crippen LogP contribution is -2.25. The van der Waals surface area contributed by atoms with Crippen LogP contribution in [0.15, 0.2) is 71.1 Å². The van der Waals surface area contributed by atoms with E-state index in [1.165, 1.54) is 12.1 Å².